The number of hydrogen-bond acceptors (Lipinski definition) is 4. The number of hydrogen-bond donors (Lipinski definition) is 1. The summed E-state index contributed by atoms with van der Waals surface area (Å²) in [4.78, 5) is 12.2. The topological polar surface area (TPSA) is 64.4 Å². The molecule has 0 saturated heterocycles. The van der Waals surface area contributed by atoms with Gasteiger partial charge in [-0.1, -0.05) is 0 Å². The molecule has 1 aliphatic rings. The Morgan fingerprint density at radius 3 is 2.70 bits per heavy atom. The molecule has 1 aromatic heterocycles. The molecule has 5 heteroatoms. The second kappa shape index (κ2) is 4.23. The van der Waals surface area contributed by atoms with Crippen molar-refractivity contribution in [3.05, 3.63) is 23.9 Å². The van der Waals surface area contributed by atoms with E-state index in [4.69, 9.17) is 4.74 Å². The Labute approximate surface area is 117 Å². The van der Waals surface area contributed by atoms with Crippen molar-refractivity contribution in [3.8, 4) is 5.75 Å². The molecule has 0 unspecified atom stereocenters. The fourth-order valence-corrected chi connectivity index (χ4v) is 2.23. The number of benzene rings is 1. The fourth-order valence-electron chi connectivity index (χ4n) is 2.23. The second-order valence-corrected chi connectivity index (χ2v) is 6.25. The number of ether oxygens (including phenoxy) is 1. The summed E-state index contributed by atoms with van der Waals surface area (Å²) in [7, 11) is 0. The van der Waals surface area contributed by atoms with Crippen molar-refractivity contribution < 1.29 is 14.6 Å². The van der Waals surface area contributed by atoms with Crippen molar-refractivity contribution in [2.75, 3.05) is 0 Å². The van der Waals surface area contributed by atoms with Crippen LogP contribution in [-0.2, 0) is 4.74 Å². The standard InChI is InChI=1S/C15H18N2O3/c1-15(2,3)20-14(19)17-12-8-10(18)6-7-11(12)13(16-17)9-4-5-9/h6-9,18H,4-5H2,1-3H3. The molecule has 1 aliphatic carbocycles. The third-order valence-corrected chi connectivity index (χ3v) is 3.22. The molecule has 1 fully saturated rings. The molecule has 0 atom stereocenters. The number of phenols is 1. The summed E-state index contributed by atoms with van der Waals surface area (Å²) in [6, 6.07) is 4.99. The van der Waals surface area contributed by atoms with Gasteiger partial charge in [-0.25, -0.2) is 4.79 Å². The van der Waals surface area contributed by atoms with Crippen LogP contribution in [0.1, 0.15) is 45.2 Å². The van der Waals surface area contributed by atoms with E-state index in [1.54, 1.807) is 12.1 Å². The van der Waals surface area contributed by atoms with E-state index >= 15 is 0 Å². The van der Waals surface area contributed by atoms with Gasteiger partial charge in [0.2, 0.25) is 0 Å². The van der Waals surface area contributed by atoms with E-state index < -0.39 is 11.7 Å². The number of fused-ring (bicyclic) bond motifs is 1. The Bertz CT molecular complexity index is 678. The number of rotatable bonds is 1. The monoisotopic (exact) mass is 274 g/mol. The zero-order chi connectivity index (χ0) is 14.5. The van der Waals surface area contributed by atoms with Crippen molar-refractivity contribution in [1.29, 1.82) is 0 Å². The van der Waals surface area contributed by atoms with Crippen LogP contribution in [0.4, 0.5) is 4.79 Å². The van der Waals surface area contributed by atoms with Crippen LogP contribution in [0, 0.1) is 0 Å². The maximum Gasteiger partial charge on any atom is 0.435 e. The van der Waals surface area contributed by atoms with E-state index in [9.17, 15) is 9.90 Å². The van der Waals surface area contributed by atoms with Crippen LogP contribution >= 0.6 is 0 Å². The summed E-state index contributed by atoms with van der Waals surface area (Å²) < 4.78 is 6.62. The van der Waals surface area contributed by atoms with E-state index in [-0.39, 0.29) is 5.75 Å². The van der Waals surface area contributed by atoms with Crippen LogP contribution in [-0.4, -0.2) is 26.6 Å². The van der Waals surface area contributed by atoms with Crippen LogP contribution in [0.25, 0.3) is 10.9 Å². The van der Waals surface area contributed by atoms with E-state index in [2.05, 4.69) is 5.10 Å². The van der Waals surface area contributed by atoms with Crippen LogP contribution < -0.4 is 0 Å². The fraction of sp³-hybridized carbons (Fsp3) is 0.467. The summed E-state index contributed by atoms with van der Waals surface area (Å²) in [5, 5.41) is 15.0. The van der Waals surface area contributed by atoms with E-state index in [1.165, 1.54) is 4.68 Å². The van der Waals surface area contributed by atoms with Crippen molar-refractivity contribution in [3.63, 3.8) is 0 Å². The first-order valence-electron chi connectivity index (χ1n) is 6.80. The zero-order valence-electron chi connectivity index (χ0n) is 11.9. The van der Waals surface area contributed by atoms with Crippen molar-refractivity contribution in [2.45, 2.75) is 45.1 Å². The first kappa shape index (κ1) is 13.0. The molecule has 1 saturated carbocycles. The van der Waals surface area contributed by atoms with E-state index in [0.29, 0.717) is 11.4 Å². The van der Waals surface area contributed by atoms with Gasteiger partial charge in [0.25, 0.3) is 0 Å². The smallest absolute Gasteiger partial charge is 0.435 e. The molecule has 5 nitrogen and oxygen atoms in total. The summed E-state index contributed by atoms with van der Waals surface area (Å²) >= 11 is 0. The molecule has 0 amide bonds. The third-order valence-electron chi connectivity index (χ3n) is 3.22. The lowest BCUT2D eigenvalue weighted by Crippen LogP contribution is -2.27. The Morgan fingerprint density at radius 1 is 1.40 bits per heavy atom. The molecule has 0 radical (unpaired) electrons. The van der Waals surface area contributed by atoms with Crippen LogP contribution in [0.2, 0.25) is 0 Å². The lowest BCUT2D eigenvalue weighted by atomic mass is 10.1. The number of nitrogens with zero attached hydrogens (tertiary/aromatic N) is 2. The largest absolute Gasteiger partial charge is 0.508 e. The number of aromatic nitrogens is 2. The predicted molar refractivity (Wildman–Crippen MR) is 75.0 cm³/mol. The number of phenolic OH excluding ortho intramolecular Hbond substituents is 1. The molecule has 1 N–H and O–H groups in total. The van der Waals surface area contributed by atoms with Crippen molar-refractivity contribution >= 4 is 17.0 Å². The highest BCUT2D eigenvalue weighted by Gasteiger charge is 2.31. The molecular weight excluding hydrogens is 256 g/mol. The number of aromatic hydroxyl groups is 1. The molecule has 3 rings (SSSR count). The summed E-state index contributed by atoms with van der Waals surface area (Å²) in [5.74, 6) is 0.537. The van der Waals surface area contributed by atoms with E-state index in [1.807, 2.05) is 26.8 Å². The maximum atomic E-state index is 12.2. The minimum Gasteiger partial charge on any atom is -0.508 e. The SMILES string of the molecule is CC(C)(C)OC(=O)n1nc(C2CC2)c2ccc(O)cc21. The van der Waals surface area contributed by atoms with Crippen LogP contribution in [0.3, 0.4) is 0 Å². The van der Waals surface area contributed by atoms with Gasteiger partial charge in [0.05, 0.1) is 11.2 Å². The average Bonchev–Trinajstić information content (AvgIpc) is 3.08. The normalized spacial score (nSPS) is 15.6. The summed E-state index contributed by atoms with van der Waals surface area (Å²) in [5.41, 5.74) is 0.943. The summed E-state index contributed by atoms with van der Waals surface area (Å²) in [6.07, 6.45) is 1.68. The van der Waals surface area contributed by atoms with Crippen LogP contribution in [0.15, 0.2) is 18.2 Å². The highest BCUT2D eigenvalue weighted by atomic mass is 16.6. The number of carbonyl (C=O) groups excluding carboxylic acids is 1. The van der Waals surface area contributed by atoms with Gasteiger partial charge in [-0.2, -0.15) is 9.78 Å². The molecule has 1 heterocycles. The molecule has 106 valence electrons. The Hall–Kier alpha value is -2.04. The first-order chi connectivity index (χ1) is 9.35. The van der Waals surface area contributed by atoms with Crippen LogP contribution in [0.5, 0.6) is 5.75 Å². The quantitative estimate of drug-likeness (QED) is 0.865. The van der Waals surface area contributed by atoms with Gasteiger partial charge in [-0.05, 0) is 45.7 Å². The number of carbonyl (C=O) groups is 1. The van der Waals surface area contributed by atoms with Gasteiger partial charge in [-0.3, -0.25) is 0 Å². The third kappa shape index (κ3) is 2.35. The minimum atomic E-state index is -0.577. The predicted octanol–water partition coefficient (Wildman–Crippen LogP) is 3.40. The lowest BCUT2D eigenvalue weighted by Gasteiger charge is -2.19. The Kier molecular flexibility index (Phi) is 2.74. The first-order valence-corrected chi connectivity index (χ1v) is 6.80. The van der Waals surface area contributed by atoms with Gasteiger partial charge < -0.3 is 9.84 Å². The minimum absolute atomic E-state index is 0.115. The molecule has 20 heavy (non-hydrogen) atoms. The van der Waals surface area contributed by atoms with Gasteiger partial charge in [0.1, 0.15) is 11.4 Å². The summed E-state index contributed by atoms with van der Waals surface area (Å²) in [6.45, 7) is 5.45. The van der Waals surface area contributed by atoms with Gasteiger partial charge >= 0.3 is 6.09 Å². The molecule has 2 aromatic rings. The molecule has 1 aromatic carbocycles. The van der Waals surface area contributed by atoms with Gasteiger partial charge in [0, 0.05) is 17.4 Å². The highest BCUT2D eigenvalue weighted by Crippen LogP contribution is 2.42. The maximum absolute atomic E-state index is 12.2. The lowest BCUT2D eigenvalue weighted by molar-refractivity contribution is 0.0522. The van der Waals surface area contributed by atoms with Gasteiger partial charge in [0.15, 0.2) is 0 Å². The van der Waals surface area contributed by atoms with E-state index in [0.717, 1.165) is 23.9 Å². The molecular formula is C15H18N2O3. The molecule has 0 spiro atoms. The Balaban J connectivity index is 2.10. The molecule has 0 aliphatic heterocycles. The van der Waals surface area contributed by atoms with Crippen molar-refractivity contribution in [1.82, 2.24) is 9.78 Å². The Morgan fingerprint density at radius 2 is 2.10 bits per heavy atom. The van der Waals surface area contributed by atoms with Gasteiger partial charge in [-0.15, -0.1) is 0 Å². The van der Waals surface area contributed by atoms with Crippen molar-refractivity contribution in [2.24, 2.45) is 0 Å². The highest BCUT2D eigenvalue weighted by molar-refractivity contribution is 5.91. The molecule has 0 bridgehead atoms. The zero-order valence-corrected chi connectivity index (χ0v) is 11.9. The second-order valence-electron chi connectivity index (χ2n) is 6.25. The average molecular weight is 274 g/mol.